The van der Waals surface area contributed by atoms with E-state index in [-0.39, 0.29) is 17.1 Å². The molecule has 0 unspecified atom stereocenters. The van der Waals surface area contributed by atoms with Gasteiger partial charge in [-0.1, -0.05) is 6.07 Å². The van der Waals surface area contributed by atoms with Gasteiger partial charge >= 0.3 is 6.18 Å². The van der Waals surface area contributed by atoms with Crippen LogP contribution in [0.3, 0.4) is 0 Å². The van der Waals surface area contributed by atoms with Gasteiger partial charge in [0.15, 0.2) is 0 Å². The smallest absolute Gasteiger partial charge is 0.282 e. The van der Waals surface area contributed by atoms with Crippen LogP contribution in [0, 0.1) is 6.92 Å². The van der Waals surface area contributed by atoms with Crippen LogP contribution < -0.4 is 0 Å². The SMILES string of the molecule is Cc1[nH]nc(-c2ccccn2)c1C(F)(F)F. The van der Waals surface area contributed by atoms with Crippen molar-refractivity contribution in [3.63, 3.8) is 0 Å². The zero-order chi connectivity index (χ0) is 11.8. The molecule has 2 aromatic heterocycles. The molecule has 0 bridgehead atoms. The molecule has 2 rings (SSSR count). The fraction of sp³-hybridized carbons (Fsp3) is 0.200. The third-order valence-corrected chi connectivity index (χ3v) is 2.14. The molecule has 2 aromatic rings. The van der Waals surface area contributed by atoms with E-state index in [0.717, 1.165) is 0 Å². The largest absolute Gasteiger partial charge is 0.420 e. The number of alkyl halides is 3. The van der Waals surface area contributed by atoms with E-state index in [9.17, 15) is 13.2 Å². The Morgan fingerprint density at radius 3 is 2.56 bits per heavy atom. The lowest BCUT2D eigenvalue weighted by Gasteiger charge is -2.07. The van der Waals surface area contributed by atoms with Crippen LogP contribution >= 0.6 is 0 Å². The van der Waals surface area contributed by atoms with Crippen LogP contribution in [0.5, 0.6) is 0 Å². The predicted molar refractivity (Wildman–Crippen MR) is 51.6 cm³/mol. The van der Waals surface area contributed by atoms with Crippen molar-refractivity contribution in [2.24, 2.45) is 0 Å². The maximum absolute atomic E-state index is 12.7. The fourth-order valence-electron chi connectivity index (χ4n) is 1.46. The molecular weight excluding hydrogens is 219 g/mol. The Labute approximate surface area is 89.3 Å². The first-order chi connectivity index (χ1) is 7.50. The Hall–Kier alpha value is -1.85. The lowest BCUT2D eigenvalue weighted by atomic mass is 10.1. The number of aryl methyl sites for hydroxylation is 1. The van der Waals surface area contributed by atoms with Crippen LogP contribution in [-0.2, 0) is 6.18 Å². The molecule has 0 aliphatic heterocycles. The maximum Gasteiger partial charge on any atom is 0.420 e. The molecule has 0 amide bonds. The Balaban J connectivity index is 2.60. The number of aromatic amines is 1. The van der Waals surface area contributed by atoms with Gasteiger partial charge < -0.3 is 0 Å². The molecule has 0 saturated carbocycles. The van der Waals surface area contributed by atoms with Gasteiger partial charge in [-0.3, -0.25) is 10.1 Å². The third kappa shape index (κ3) is 1.78. The molecule has 0 spiro atoms. The van der Waals surface area contributed by atoms with Crippen LogP contribution in [-0.4, -0.2) is 15.2 Å². The molecule has 6 heteroatoms. The number of hydrogen-bond donors (Lipinski definition) is 1. The molecule has 84 valence electrons. The van der Waals surface area contributed by atoms with E-state index in [1.54, 1.807) is 12.1 Å². The van der Waals surface area contributed by atoms with Gasteiger partial charge in [0.1, 0.15) is 11.3 Å². The van der Waals surface area contributed by atoms with Gasteiger partial charge in [-0.05, 0) is 19.1 Å². The highest BCUT2D eigenvalue weighted by Crippen LogP contribution is 2.37. The molecule has 0 radical (unpaired) electrons. The Morgan fingerprint density at radius 1 is 1.25 bits per heavy atom. The molecule has 3 nitrogen and oxygen atoms in total. The summed E-state index contributed by atoms with van der Waals surface area (Å²) in [6.07, 6.45) is -3.00. The molecule has 1 N–H and O–H groups in total. The molecule has 0 fully saturated rings. The van der Waals surface area contributed by atoms with E-state index in [4.69, 9.17) is 0 Å². The lowest BCUT2D eigenvalue weighted by Crippen LogP contribution is -2.07. The first-order valence-corrected chi connectivity index (χ1v) is 4.53. The molecule has 16 heavy (non-hydrogen) atoms. The van der Waals surface area contributed by atoms with Gasteiger partial charge in [0, 0.05) is 11.9 Å². The molecule has 0 aromatic carbocycles. The van der Waals surface area contributed by atoms with E-state index in [1.165, 1.54) is 19.2 Å². The van der Waals surface area contributed by atoms with Crippen molar-refractivity contribution < 1.29 is 13.2 Å². The number of nitrogens with one attached hydrogen (secondary N) is 1. The van der Waals surface area contributed by atoms with Crippen molar-refractivity contribution in [1.82, 2.24) is 15.2 Å². The van der Waals surface area contributed by atoms with Crippen molar-refractivity contribution in [3.8, 4) is 11.4 Å². The molecule has 0 aliphatic carbocycles. The highest BCUT2D eigenvalue weighted by molar-refractivity contribution is 5.60. The topological polar surface area (TPSA) is 41.6 Å². The third-order valence-electron chi connectivity index (χ3n) is 2.14. The van der Waals surface area contributed by atoms with Gasteiger partial charge in [-0.25, -0.2) is 0 Å². The van der Waals surface area contributed by atoms with E-state index >= 15 is 0 Å². The fourth-order valence-corrected chi connectivity index (χ4v) is 1.46. The monoisotopic (exact) mass is 227 g/mol. The first kappa shape index (κ1) is 10.7. The van der Waals surface area contributed by atoms with E-state index in [0.29, 0.717) is 0 Å². The number of halogens is 3. The summed E-state index contributed by atoms with van der Waals surface area (Å²) >= 11 is 0. The normalized spacial score (nSPS) is 11.8. The van der Waals surface area contributed by atoms with Gasteiger partial charge in [0.2, 0.25) is 0 Å². The van der Waals surface area contributed by atoms with Crippen LogP contribution in [0.2, 0.25) is 0 Å². The second kappa shape index (κ2) is 3.62. The summed E-state index contributed by atoms with van der Waals surface area (Å²) in [6, 6.07) is 4.74. The minimum absolute atomic E-state index is 0.00634. The number of hydrogen-bond acceptors (Lipinski definition) is 2. The molecule has 0 atom stereocenters. The predicted octanol–water partition coefficient (Wildman–Crippen LogP) is 2.80. The Morgan fingerprint density at radius 2 is 2.00 bits per heavy atom. The van der Waals surface area contributed by atoms with Gasteiger partial charge in [-0.2, -0.15) is 18.3 Å². The van der Waals surface area contributed by atoms with Crippen molar-refractivity contribution >= 4 is 0 Å². The van der Waals surface area contributed by atoms with Crippen molar-refractivity contribution in [3.05, 3.63) is 35.7 Å². The number of rotatable bonds is 1. The van der Waals surface area contributed by atoms with E-state index < -0.39 is 11.7 Å². The van der Waals surface area contributed by atoms with Gasteiger partial charge in [-0.15, -0.1) is 0 Å². The molecule has 0 aliphatic rings. The Kier molecular flexibility index (Phi) is 2.41. The van der Waals surface area contributed by atoms with E-state index in [2.05, 4.69) is 15.2 Å². The van der Waals surface area contributed by atoms with Crippen molar-refractivity contribution in [2.45, 2.75) is 13.1 Å². The van der Waals surface area contributed by atoms with Crippen LogP contribution in [0.4, 0.5) is 13.2 Å². The zero-order valence-corrected chi connectivity index (χ0v) is 8.34. The average Bonchev–Trinajstić information content (AvgIpc) is 2.61. The van der Waals surface area contributed by atoms with Crippen molar-refractivity contribution in [1.29, 1.82) is 0 Å². The maximum atomic E-state index is 12.7. The summed E-state index contributed by atoms with van der Waals surface area (Å²) in [5.41, 5.74) is -0.718. The number of aromatic nitrogens is 3. The minimum atomic E-state index is -4.43. The average molecular weight is 227 g/mol. The first-order valence-electron chi connectivity index (χ1n) is 4.53. The second-order valence-electron chi connectivity index (χ2n) is 3.28. The molecule has 2 heterocycles. The quantitative estimate of drug-likeness (QED) is 0.813. The number of H-pyrrole nitrogens is 1. The van der Waals surface area contributed by atoms with Gasteiger partial charge in [0.05, 0.1) is 5.69 Å². The number of nitrogens with zero attached hydrogens (tertiary/aromatic N) is 2. The summed E-state index contributed by atoms with van der Waals surface area (Å²) in [7, 11) is 0. The highest BCUT2D eigenvalue weighted by atomic mass is 19.4. The molecular formula is C10H8F3N3. The Bertz CT molecular complexity index is 488. The standard InChI is InChI=1S/C10H8F3N3/c1-6-8(10(11,12)13)9(16-15-6)7-4-2-3-5-14-7/h2-5H,1H3,(H,15,16). The second-order valence-corrected chi connectivity index (χ2v) is 3.28. The summed E-state index contributed by atoms with van der Waals surface area (Å²) in [5.74, 6) is 0. The van der Waals surface area contributed by atoms with Crippen LogP contribution in [0.1, 0.15) is 11.3 Å². The summed E-state index contributed by atoms with van der Waals surface area (Å²) in [5, 5.41) is 5.98. The van der Waals surface area contributed by atoms with Gasteiger partial charge in [0.25, 0.3) is 0 Å². The van der Waals surface area contributed by atoms with Crippen LogP contribution in [0.15, 0.2) is 24.4 Å². The molecule has 0 saturated heterocycles. The van der Waals surface area contributed by atoms with Crippen LogP contribution in [0.25, 0.3) is 11.4 Å². The van der Waals surface area contributed by atoms with E-state index in [1.807, 2.05) is 0 Å². The lowest BCUT2D eigenvalue weighted by molar-refractivity contribution is -0.137. The highest BCUT2D eigenvalue weighted by Gasteiger charge is 2.38. The minimum Gasteiger partial charge on any atom is -0.282 e. The zero-order valence-electron chi connectivity index (χ0n) is 8.34. The van der Waals surface area contributed by atoms with Crippen molar-refractivity contribution in [2.75, 3.05) is 0 Å². The summed E-state index contributed by atoms with van der Waals surface area (Å²) < 4.78 is 38.2. The summed E-state index contributed by atoms with van der Waals surface area (Å²) in [6.45, 7) is 1.34. The number of pyridine rings is 1. The summed E-state index contributed by atoms with van der Waals surface area (Å²) in [4.78, 5) is 3.85.